The Morgan fingerprint density at radius 3 is 2.37 bits per heavy atom. The van der Waals surface area contributed by atoms with Crippen molar-refractivity contribution < 1.29 is 42.7 Å². The summed E-state index contributed by atoms with van der Waals surface area (Å²) in [5.41, 5.74) is 3.07. The van der Waals surface area contributed by atoms with Crippen LogP contribution >= 0.6 is 0 Å². The van der Waals surface area contributed by atoms with Crippen molar-refractivity contribution in [2.24, 2.45) is 5.92 Å². The van der Waals surface area contributed by atoms with Gasteiger partial charge in [0.2, 0.25) is 12.5 Å². The first-order valence-electron chi connectivity index (χ1n) is 15.1. The third-order valence-electron chi connectivity index (χ3n) is 8.92. The Morgan fingerprint density at radius 1 is 0.977 bits per heavy atom. The van der Waals surface area contributed by atoms with Crippen LogP contribution in [0.15, 0.2) is 12.1 Å². The standard InChI is InChI=1S/C33H41NO9/c1-33(2,3)43-32(36)34-15-14-19-21(16-18-10-8-7-9-11-18)27-30(41-17-40-27)29(39-6)23(19)25(34)26-20-12-13-22(37-4)28(38-5)24(20)31(35)42-26/h12-13,18,25-26H,7-11,14-17H2,1-6H3/t25-,26+/m1/s1. The molecule has 1 fully saturated rings. The number of esters is 1. The van der Waals surface area contributed by atoms with Crippen LogP contribution in [-0.4, -0.2) is 57.2 Å². The number of rotatable bonds is 6. The molecule has 4 aliphatic rings. The quantitative estimate of drug-likeness (QED) is 0.356. The first-order chi connectivity index (χ1) is 20.7. The molecule has 1 aliphatic carbocycles. The van der Waals surface area contributed by atoms with Crippen LogP contribution < -0.4 is 23.7 Å². The zero-order valence-electron chi connectivity index (χ0n) is 25.9. The molecule has 10 nitrogen and oxygen atoms in total. The minimum atomic E-state index is -0.856. The van der Waals surface area contributed by atoms with Crippen molar-refractivity contribution in [1.29, 1.82) is 0 Å². The van der Waals surface area contributed by atoms with Crippen LogP contribution in [0.1, 0.15) is 97.6 Å². The molecule has 0 saturated heterocycles. The Kier molecular flexibility index (Phi) is 7.73. The summed E-state index contributed by atoms with van der Waals surface area (Å²) in [6.45, 7) is 5.96. The SMILES string of the molecule is COc1ccc2c(c1OC)C(=O)O[C@@H]2[C@H]1c2c(c(CC3CCCCC3)c3c(c2OC)OCO3)CCN1C(=O)OC(C)(C)C. The number of cyclic esters (lactones) is 1. The van der Waals surface area contributed by atoms with Crippen molar-refractivity contribution >= 4 is 12.1 Å². The first-order valence-corrected chi connectivity index (χ1v) is 15.1. The highest BCUT2D eigenvalue weighted by atomic mass is 16.7. The molecular formula is C33H41NO9. The van der Waals surface area contributed by atoms with Gasteiger partial charge in [-0.25, -0.2) is 9.59 Å². The Labute approximate surface area is 252 Å². The number of methoxy groups -OCH3 is 3. The summed E-state index contributed by atoms with van der Waals surface area (Å²) in [6, 6.07) is 2.80. The molecule has 0 N–H and O–H groups in total. The van der Waals surface area contributed by atoms with E-state index in [-0.39, 0.29) is 12.4 Å². The lowest BCUT2D eigenvalue weighted by atomic mass is 9.78. The van der Waals surface area contributed by atoms with Gasteiger partial charge in [0.25, 0.3) is 0 Å². The highest BCUT2D eigenvalue weighted by molar-refractivity contribution is 5.98. The largest absolute Gasteiger partial charge is 0.493 e. The summed E-state index contributed by atoms with van der Waals surface area (Å²) >= 11 is 0. The minimum Gasteiger partial charge on any atom is -0.493 e. The monoisotopic (exact) mass is 595 g/mol. The van der Waals surface area contributed by atoms with E-state index in [0.29, 0.717) is 47.4 Å². The van der Waals surface area contributed by atoms with Crippen LogP contribution in [0.25, 0.3) is 0 Å². The van der Waals surface area contributed by atoms with E-state index in [1.807, 2.05) is 20.8 Å². The van der Waals surface area contributed by atoms with E-state index in [9.17, 15) is 9.59 Å². The smallest absolute Gasteiger partial charge is 0.410 e. The minimum absolute atomic E-state index is 0.0882. The second-order valence-corrected chi connectivity index (χ2v) is 12.6. The van der Waals surface area contributed by atoms with E-state index in [4.69, 9.17) is 33.2 Å². The summed E-state index contributed by atoms with van der Waals surface area (Å²) in [6.07, 6.45) is 6.10. The third kappa shape index (κ3) is 5.08. The van der Waals surface area contributed by atoms with E-state index in [2.05, 4.69) is 0 Å². The zero-order chi connectivity index (χ0) is 30.5. The molecule has 232 valence electrons. The molecule has 0 radical (unpaired) electrons. The maximum atomic E-state index is 13.9. The molecular weight excluding hydrogens is 554 g/mol. The lowest BCUT2D eigenvalue weighted by molar-refractivity contribution is -0.0195. The highest BCUT2D eigenvalue weighted by Crippen LogP contribution is 2.58. The summed E-state index contributed by atoms with van der Waals surface area (Å²) in [7, 11) is 4.60. The van der Waals surface area contributed by atoms with Crippen molar-refractivity contribution in [3.8, 4) is 28.7 Å². The molecule has 10 heteroatoms. The molecule has 6 rings (SSSR count). The second-order valence-electron chi connectivity index (χ2n) is 12.6. The highest BCUT2D eigenvalue weighted by Gasteiger charge is 2.50. The van der Waals surface area contributed by atoms with Crippen molar-refractivity contribution in [3.63, 3.8) is 0 Å². The number of carbonyl (C=O) groups is 2. The fourth-order valence-corrected chi connectivity index (χ4v) is 7.16. The van der Waals surface area contributed by atoms with Gasteiger partial charge in [-0.3, -0.25) is 4.90 Å². The summed E-state index contributed by atoms with van der Waals surface area (Å²) < 4.78 is 41.3. The van der Waals surface area contributed by atoms with Crippen LogP contribution in [0.5, 0.6) is 28.7 Å². The van der Waals surface area contributed by atoms with Gasteiger partial charge in [0.1, 0.15) is 17.2 Å². The van der Waals surface area contributed by atoms with Gasteiger partial charge in [0.05, 0.1) is 21.3 Å². The van der Waals surface area contributed by atoms with Gasteiger partial charge >= 0.3 is 12.1 Å². The average Bonchev–Trinajstić information content (AvgIpc) is 3.60. The maximum absolute atomic E-state index is 13.9. The number of amides is 1. The molecule has 0 spiro atoms. The Hall–Kier alpha value is -3.82. The predicted molar refractivity (Wildman–Crippen MR) is 156 cm³/mol. The van der Waals surface area contributed by atoms with Gasteiger partial charge in [-0.1, -0.05) is 38.2 Å². The molecule has 0 unspecified atom stereocenters. The second kappa shape index (κ2) is 11.4. The van der Waals surface area contributed by atoms with E-state index < -0.39 is 29.8 Å². The fourth-order valence-electron chi connectivity index (χ4n) is 7.16. The van der Waals surface area contributed by atoms with Gasteiger partial charge < -0.3 is 33.2 Å². The summed E-state index contributed by atoms with van der Waals surface area (Å²) in [4.78, 5) is 29.0. The van der Waals surface area contributed by atoms with Crippen LogP contribution in [0, 0.1) is 5.92 Å². The number of carbonyl (C=O) groups excluding carboxylic acids is 2. The number of hydrogen-bond donors (Lipinski definition) is 0. The molecule has 3 aliphatic heterocycles. The molecule has 2 aromatic rings. The summed E-state index contributed by atoms with van der Waals surface area (Å²) in [5.74, 6) is 2.43. The normalized spacial score (nSPS) is 21.2. The lowest BCUT2D eigenvalue weighted by Crippen LogP contribution is -2.45. The molecule has 43 heavy (non-hydrogen) atoms. The molecule has 2 aromatic carbocycles. The number of nitrogens with zero attached hydrogens (tertiary/aromatic N) is 1. The predicted octanol–water partition coefficient (Wildman–Crippen LogP) is 6.31. The van der Waals surface area contributed by atoms with Gasteiger partial charge in [-0.15, -0.1) is 0 Å². The van der Waals surface area contributed by atoms with Gasteiger partial charge in [0.15, 0.2) is 29.1 Å². The lowest BCUT2D eigenvalue weighted by Gasteiger charge is -2.42. The number of hydrogen-bond acceptors (Lipinski definition) is 9. The van der Waals surface area contributed by atoms with Crippen LogP contribution in [-0.2, 0) is 22.3 Å². The molecule has 0 aromatic heterocycles. The number of ether oxygens (including phenoxy) is 7. The van der Waals surface area contributed by atoms with E-state index in [1.54, 1.807) is 24.1 Å². The zero-order valence-corrected chi connectivity index (χ0v) is 25.9. The van der Waals surface area contributed by atoms with Gasteiger partial charge in [-0.2, -0.15) is 0 Å². The summed E-state index contributed by atoms with van der Waals surface area (Å²) in [5, 5.41) is 0. The molecule has 0 bridgehead atoms. The molecule has 2 atom stereocenters. The molecule has 1 saturated carbocycles. The van der Waals surface area contributed by atoms with E-state index in [0.717, 1.165) is 28.9 Å². The van der Waals surface area contributed by atoms with Crippen molar-refractivity contribution in [2.75, 3.05) is 34.7 Å². The van der Waals surface area contributed by atoms with E-state index >= 15 is 0 Å². The average molecular weight is 596 g/mol. The van der Waals surface area contributed by atoms with Crippen molar-refractivity contribution in [3.05, 3.63) is 39.9 Å². The molecule has 1 amide bonds. The Bertz CT molecular complexity index is 1420. The van der Waals surface area contributed by atoms with Crippen molar-refractivity contribution in [1.82, 2.24) is 4.90 Å². The van der Waals surface area contributed by atoms with Crippen LogP contribution in [0.3, 0.4) is 0 Å². The van der Waals surface area contributed by atoms with E-state index in [1.165, 1.54) is 46.3 Å². The Balaban J connectivity index is 1.56. The first kappa shape index (κ1) is 29.3. The van der Waals surface area contributed by atoms with Gasteiger partial charge in [-0.05, 0) is 51.2 Å². The number of fused-ring (bicyclic) bond motifs is 3. The van der Waals surface area contributed by atoms with Crippen molar-refractivity contribution in [2.45, 2.75) is 83.5 Å². The molecule has 3 heterocycles. The topological polar surface area (TPSA) is 102 Å². The van der Waals surface area contributed by atoms with Gasteiger partial charge in [0, 0.05) is 23.2 Å². The third-order valence-corrected chi connectivity index (χ3v) is 8.92. The number of benzene rings is 2. The Morgan fingerprint density at radius 2 is 1.70 bits per heavy atom. The van der Waals surface area contributed by atoms with Crippen LogP contribution in [0.4, 0.5) is 4.79 Å². The fraction of sp³-hybridized carbons (Fsp3) is 0.576. The maximum Gasteiger partial charge on any atom is 0.410 e. The van der Waals surface area contributed by atoms with Crippen LogP contribution in [0.2, 0.25) is 0 Å².